The zero-order valence-electron chi connectivity index (χ0n) is 14.7. The fraction of sp³-hybridized carbons (Fsp3) is 1.00. The molecule has 0 radical (unpaired) electrons. The molecule has 0 aromatic carbocycles. The van der Waals surface area contributed by atoms with Crippen LogP contribution in [0.25, 0.3) is 0 Å². The summed E-state index contributed by atoms with van der Waals surface area (Å²) in [6.45, 7) is 9.17. The molecule has 3 N–H and O–H groups in total. The number of aliphatic hydroxyl groups is 3. The quantitative estimate of drug-likeness (QED) is 0.465. The maximum atomic E-state index is 10.1. The van der Waals surface area contributed by atoms with Gasteiger partial charge >= 0.3 is 0 Å². The number of aliphatic hydroxyl groups excluding tert-OH is 3. The van der Waals surface area contributed by atoms with E-state index in [1.54, 1.807) is 6.92 Å². The summed E-state index contributed by atoms with van der Waals surface area (Å²) < 4.78 is 15.4. The lowest BCUT2D eigenvalue weighted by molar-refractivity contribution is -0.209. The van der Waals surface area contributed by atoms with Crippen molar-refractivity contribution in [1.82, 2.24) is 0 Å². The van der Waals surface area contributed by atoms with Crippen molar-refractivity contribution < 1.29 is 29.5 Å². The van der Waals surface area contributed by atoms with Gasteiger partial charge in [0.2, 0.25) is 0 Å². The molecule has 22 heavy (non-hydrogen) atoms. The van der Waals surface area contributed by atoms with Crippen molar-refractivity contribution in [3.05, 3.63) is 0 Å². The van der Waals surface area contributed by atoms with Crippen molar-refractivity contribution in [2.45, 2.75) is 58.7 Å². The van der Waals surface area contributed by atoms with Crippen LogP contribution in [0.4, 0.5) is 0 Å². The Morgan fingerprint density at radius 3 is 1.77 bits per heavy atom. The molecule has 0 saturated carbocycles. The topological polar surface area (TPSA) is 88.4 Å². The van der Waals surface area contributed by atoms with Crippen LogP contribution in [0.1, 0.15) is 34.1 Å². The summed E-state index contributed by atoms with van der Waals surface area (Å²) in [4.78, 5) is 0. The molecule has 0 bridgehead atoms. The Kier molecular flexibility index (Phi) is 11.2. The summed E-state index contributed by atoms with van der Waals surface area (Å²) in [6.07, 6.45) is -3.71. The summed E-state index contributed by atoms with van der Waals surface area (Å²) in [5.74, 6) is 0.759. The lowest BCUT2D eigenvalue weighted by atomic mass is 9.96. The second-order valence-corrected chi connectivity index (χ2v) is 6.56. The first-order valence-corrected chi connectivity index (χ1v) is 7.92. The number of rotatable bonds is 12. The fourth-order valence-electron chi connectivity index (χ4n) is 2.50. The van der Waals surface area contributed by atoms with Gasteiger partial charge in [-0.1, -0.05) is 27.7 Å². The molecule has 0 aliphatic rings. The molecule has 0 aliphatic heterocycles. The Balaban J connectivity index is 4.21. The maximum absolute atomic E-state index is 10.1. The van der Waals surface area contributed by atoms with Gasteiger partial charge in [-0.25, -0.2) is 0 Å². The molecule has 6 nitrogen and oxygen atoms in total. The number of hydrogen-bond donors (Lipinski definition) is 3. The average Bonchev–Trinajstić information content (AvgIpc) is 2.45. The van der Waals surface area contributed by atoms with Crippen LogP contribution in [0.15, 0.2) is 0 Å². The Bertz CT molecular complexity index is 269. The van der Waals surface area contributed by atoms with Crippen LogP contribution in [0.5, 0.6) is 0 Å². The van der Waals surface area contributed by atoms with E-state index in [1.807, 2.05) is 0 Å². The number of ether oxygens (including phenoxy) is 3. The lowest BCUT2D eigenvalue weighted by Crippen LogP contribution is -2.48. The molecule has 0 heterocycles. The molecule has 134 valence electrons. The zero-order valence-corrected chi connectivity index (χ0v) is 14.7. The van der Waals surface area contributed by atoms with Crippen molar-refractivity contribution in [3.8, 4) is 0 Å². The van der Waals surface area contributed by atoms with Crippen molar-refractivity contribution in [3.63, 3.8) is 0 Å². The van der Waals surface area contributed by atoms with Crippen molar-refractivity contribution in [2.24, 2.45) is 17.8 Å². The van der Waals surface area contributed by atoms with Gasteiger partial charge in [0.05, 0.1) is 12.7 Å². The van der Waals surface area contributed by atoms with Gasteiger partial charge in [0.1, 0.15) is 12.2 Å². The van der Waals surface area contributed by atoms with Gasteiger partial charge in [0, 0.05) is 26.7 Å². The summed E-state index contributed by atoms with van der Waals surface area (Å²) in [6, 6.07) is 0. The van der Waals surface area contributed by atoms with E-state index in [2.05, 4.69) is 20.8 Å². The minimum atomic E-state index is -1.36. The minimum absolute atomic E-state index is 0.315. The molecular weight excluding hydrogens is 288 g/mol. The molecule has 0 aromatic rings. The highest BCUT2D eigenvalue weighted by Gasteiger charge is 2.34. The Morgan fingerprint density at radius 1 is 0.773 bits per heavy atom. The van der Waals surface area contributed by atoms with E-state index in [1.165, 1.54) is 14.2 Å². The molecule has 5 atom stereocenters. The maximum Gasteiger partial charge on any atom is 0.185 e. The highest BCUT2D eigenvalue weighted by Crippen LogP contribution is 2.16. The van der Waals surface area contributed by atoms with Gasteiger partial charge in [0.15, 0.2) is 6.29 Å². The molecular formula is C16H34O6. The lowest BCUT2D eigenvalue weighted by Gasteiger charge is -2.30. The standard InChI is InChI=1S/C16H34O6/c1-10(2)7-11(3)8-22-9-12(4)13(17)14(18)15(19)16(20-5)21-6/h10-19H,7-9H2,1-6H3. The van der Waals surface area contributed by atoms with E-state index in [4.69, 9.17) is 14.2 Å². The molecule has 0 aromatic heterocycles. The Hall–Kier alpha value is -0.240. The summed E-state index contributed by atoms with van der Waals surface area (Å²) in [5.41, 5.74) is 0. The first-order valence-electron chi connectivity index (χ1n) is 7.92. The van der Waals surface area contributed by atoms with Gasteiger partial charge in [0.25, 0.3) is 0 Å². The number of hydrogen-bond acceptors (Lipinski definition) is 6. The summed E-state index contributed by atoms with van der Waals surface area (Å²) in [5, 5.41) is 30.0. The van der Waals surface area contributed by atoms with Gasteiger partial charge in [-0.3, -0.25) is 0 Å². The smallest absolute Gasteiger partial charge is 0.185 e. The summed E-state index contributed by atoms with van der Waals surface area (Å²) >= 11 is 0. The van der Waals surface area contributed by atoms with Crippen molar-refractivity contribution in [1.29, 1.82) is 0 Å². The highest BCUT2D eigenvalue weighted by molar-refractivity contribution is 4.81. The molecule has 5 unspecified atom stereocenters. The zero-order chi connectivity index (χ0) is 17.3. The fourth-order valence-corrected chi connectivity index (χ4v) is 2.50. The molecule has 0 rings (SSSR count). The van der Waals surface area contributed by atoms with Gasteiger partial charge in [-0.05, 0) is 18.3 Å². The minimum Gasteiger partial charge on any atom is -0.390 e. The monoisotopic (exact) mass is 322 g/mol. The third kappa shape index (κ3) is 7.85. The normalized spacial score (nSPS) is 19.2. The van der Waals surface area contributed by atoms with Crippen LogP contribution in [-0.2, 0) is 14.2 Å². The predicted octanol–water partition coefficient (Wildman–Crippen LogP) is 1.02. The second kappa shape index (κ2) is 11.3. The van der Waals surface area contributed by atoms with Crippen LogP contribution in [0.2, 0.25) is 0 Å². The molecule has 6 heteroatoms. The Labute approximate surface area is 134 Å². The van der Waals surface area contributed by atoms with Crippen LogP contribution in [0.3, 0.4) is 0 Å². The summed E-state index contributed by atoms with van der Waals surface area (Å²) in [7, 11) is 2.72. The first kappa shape index (κ1) is 21.8. The van der Waals surface area contributed by atoms with Gasteiger partial charge in [-0.2, -0.15) is 0 Å². The van der Waals surface area contributed by atoms with E-state index >= 15 is 0 Å². The largest absolute Gasteiger partial charge is 0.390 e. The van der Waals surface area contributed by atoms with Gasteiger partial charge in [-0.15, -0.1) is 0 Å². The predicted molar refractivity (Wildman–Crippen MR) is 84.4 cm³/mol. The van der Waals surface area contributed by atoms with E-state index in [9.17, 15) is 15.3 Å². The average molecular weight is 322 g/mol. The van der Waals surface area contributed by atoms with Gasteiger partial charge < -0.3 is 29.5 Å². The SMILES string of the molecule is COC(OC)C(O)C(O)C(O)C(C)COCC(C)CC(C)C. The van der Waals surface area contributed by atoms with E-state index in [0.29, 0.717) is 25.0 Å². The van der Waals surface area contributed by atoms with E-state index < -0.39 is 24.6 Å². The molecule has 0 aliphatic carbocycles. The van der Waals surface area contributed by atoms with Crippen molar-refractivity contribution in [2.75, 3.05) is 27.4 Å². The number of methoxy groups -OCH3 is 2. The van der Waals surface area contributed by atoms with E-state index in [-0.39, 0.29) is 5.92 Å². The second-order valence-electron chi connectivity index (χ2n) is 6.56. The third-order valence-electron chi connectivity index (χ3n) is 3.68. The van der Waals surface area contributed by atoms with Crippen LogP contribution < -0.4 is 0 Å². The molecule has 0 amide bonds. The van der Waals surface area contributed by atoms with Crippen LogP contribution >= 0.6 is 0 Å². The highest BCUT2D eigenvalue weighted by atomic mass is 16.7. The molecule has 0 spiro atoms. The van der Waals surface area contributed by atoms with E-state index in [0.717, 1.165) is 6.42 Å². The first-order chi connectivity index (χ1) is 10.2. The van der Waals surface area contributed by atoms with Crippen molar-refractivity contribution >= 4 is 0 Å². The molecule has 0 saturated heterocycles. The molecule has 0 fully saturated rings. The van der Waals surface area contributed by atoms with Crippen LogP contribution in [-0.4, -0.2) is 67.4 Å². The van der Waals surface area contributed by atoms with Crippen LogP contribution in [0, 0.1) is 17.8 Å². The third-order valence-corrected chi connectivity index (χ3v) is 3.68. The Morgan fingerprint density at radius 2 is 1.32 bits per heavy atom.